The molecule has 0 spiro atoms. The van der Waals surface area contributed by atoms with Gasteiger partial charge in [-0.25, -0.2) is 8.78 Å². The van der Waals surface area contributed by atoms with Crippen molar-refractivity contribution in [3.05, 3.63) is 83.9 Å². The Hall–Kier alpha value is -3.35. The summed E-state index contributed by atoms with van der Waals surface area (Å²) in [6.45, 7) is 0.545. The van der Waals surface area contributed by atoms with Gasteiger partial charge in [0.1, 0.15) is 0 Å². The second-order valence-electron chi connectivity index (χ2n) is 6.05. The fourth-order valence-electron chi connectivity index (χ4n) is 2.53. The van der Waals surface area contributed by atoms with E-state index in [9.17, 15) is 13.6 Å². The molecule has 0 unspecified atom stereocenters. The van der Waals surface area contributed by atoms with E-state index in [-0.39, 0.29) is 5.91 Å². The monoisotopic (exact) mass is 368 g/mol. The molecule has 2 heterocycles. The van der Waals surface area contributed by atoms with Crippen molar-refractivity contribution < 1.29 is 13.6 Å². The van der Waals surface area contributed by atoms with E-state index in [1.165, 1.54) is 18.5 Å². The first-order valence-corrected chi connectivity index (χ1v) is 8.34. The summed E-state index contributed by atoms with van der Waals surface area (Å²) in [6, 6.07) is 8.93. The fraction of sp³-hybridized carbons (Fsp3) is 0.150. The topological polar surface area (TPSA) is 58.1 Å². The lowest BCUT2D eigenvalue weighted by Gasteiger charge is -2.17. The van der Waals surface area contributed by atoms with Crippen LogP contribution >= 0.6 is 0 Å². The van der Waals surface area contributed by atoms with Gasteiger partial charge in [0.15, 0.2) is 11.6 Å². The van der Waals surface area contributed by atoms with Crippen molar-refractivity contribution in [3.8, 4) is 0 Å². The molecule has 3 aromatic rings. The number of carbonyl (C=O) groups is 1. The van der Waals surface area contributed by atoms with E-state index in [0.29, 0.717) is 29.9 Å². The molecule has 0 aliphatic rings. The van der Waals surface area contributed by atoms with Crippen LogP contribution in [-0.4, -0.2) is 34.4 Å². The van der Waals surface area contributed by atoms with Crippen molar-refractivity contribution in [1.82, 2.24) is 14.9 Å². The number of benzene rings is 1. The predicted molar refractivity (Wildman–Crippen MR) is 98.8 cm³/mol. The van der Waals surface area contributed by atoms with E-state index in [1.807, 2.05) is 12.1 Å². The van der Waals surface area contributed by atoms with Crippen LogP contribution in [0.5, 0.6) is 0 Å². The first-order chi connectivity index (χ1) is 13.0. The quantitative estimate of drug-likeness (QED) is 0.719. The molecular formula is C20H18F2N4O. The van der Waals surface area contributed by atoms with Crippen molar-refractivity contribution in [3.63, 3.8) is 0 Å². The van der Waals surface area contributed by atoms with Gasteiger partial charge in [-0.3, -0.25) is 14.8 Å². The number of anilines is 2. The SMILES string of the molecule is CN(CCc1ccncc1)C(=O)c1cncc(Nc2ccc(F)c(F)c2)c1. The molecule has 138 valence electrons. The molecule has 0 saturated carbocycles. The van der Waals surface area contributed by atoms with Gasteiger partial charge in [0, 0.05) is 43.9 Å². The van der Waals surface area contributed by atoms with Crippen LogP contribution in [0.15, 0.2) is 61.2 Å². The zero-order valence-corrected chi connectivity index (χ0v) is 14.7. The predicted octanol–water partition coefficient (Wildman–Crippen LogP) is 3.81. The molecule has 27 heavy (non-hydrogen) atoms. The molecule has 1 aromatic carbocycles. The molecule has 3 rings (SSSR count). The van der Waals surface area contributed by atoms with E-state index in [0.717, 1.165) is 17.7 Å². The van der Waals surface area contributed by atoms with Gasteiger partial charge in [-0.1, -0.05) is 0 Å². The number of hydrogen-bond acceptors (Lipinski definition) is 4. The van der Waals surface area contributed by atoms with E-state index in [1.54, 1.807) is 30.4 Å². The highest BCUT2D eigenvalue weighted by Gasteiger charge is 2.13. The molecule has 0 fully saturated rings. The minimum absolute atomic E-state index is 0.175. The lowest BCUT2D eigenvalue weighted by molar-refractivity contribution is 0.0796. The van der Waals surface area contributed by atoms with Crippen LogP contribution in [0.3, 0.4) is 0 Å². The number of hydrogen-bond donors (Lipinski definition) is 1. The van der Waals surface area contributed by atoms with E-state index >= 15 is 0 Å². The molecule has 0 aliphatic heterocycles. The van der Waals surface area contributed by atoms with Crippen molar-refractivity contribution in [2.24, 2.45) is 0 Å². The van der Waals surface area contributed by atoms with E-state index in [2.05, 4.69) is 15.3 Å². The summed E-state index contributed by atoms with van der Waals surface area (Å²) in [5.41, 5.74) is 2.37. The minimum atomic E-state index is -0.948. The molecule has 1 amide bonds. The lowest BCUT2D eigenvalue weighted by Crippen LogP contribution is -2.29. The maximum atomic E-state index is 13.3. The average Bonchev–Trinajstić information content (AvgIpc) is 2.69. The Bertz CT molecular complexity index is 934. The smallest absolute Gasteiger partial charge is 0.255 e. The zero-order chi connectivity index (χ0) is 19.2. The highest BCUT2D eigenvalue weighted by Crippen LogP contribution is 2.19. The highest BCUT2D eigenvalue weighted by molar-refractivity contribution is 5.94. The second-order valence-corrected chi connectivity index (χ2v) is 6.05. The number of nitrogens with zero attached hydrogens (tertiary/aromatic N) is 3. The van der Waals surface area contributed by atoms with Crippen molar-refractivity contribution in [2.45, 2.75) is 6.42 Å². The molecule has 1 N–H and O–H groups in total. The van der Waals surface area contributed by atoms with Crippen LogP contribution < -0.4 is 5.32 Å². The number of halogens is 2. The molecule has 7 heteroatoms. The van der Waals surface area contributed by atoms with Gasteiger partial charge in [-0.2, -0.15) is 0 Å². The number of likely N-dealkylation sites (N-methyl/N-ethyl adjacent to an activating group) is 1. The number of carbonyl (C=O) groups excluding carboxylic acids is 1. The van der Waals surface area contributed by atoms with Gasteiger partial charge in [0.25, 0.3) is 5.91 Å². The van der Waals surface area contributed by atoms with Gasteiger partial charge in [-0.05, 0) is 42.3 Å². The van der Waals surface area contributed by atoms with Crippen LogP contribution in [-0.2, 0) is 6.42 Å². The van der Waals surface area contributed by atoms with E-state index < -0.39 is 11.6 Å². The summed E-state index contributed by atoms with van der Waals surface area (Å²) in [6.07, 6.45) is 7.13. The number of aromatic nitrogens is 2. The van der Waals surface area contributed by atoms with Gasteiger partial charge in [0.2, 0.25) is 0 Å². The maximum absolute atomic E-state index is 13.3. The summed E-state index contributed by atoms with van der Waals surface area (Å²) in [5.74, 6) is -2.04. The van der Waals surface area contributed by atoms with Gasteiger partial charge >= 0.3 is 0 Å². The Kier molecular flexibility index (Phi) is 5.71. The third-order valence-electron chi connectivity index (χ3n) is 4.03. The third kappa shape index (κ3) is 4.84. The Labute approximate surface area is 155 Å². The molecule has 0 bridgehead atoms. The zero-order valence-electron chi connectivity index (χ0n) is 14.7. The van der Waals surface area contributed by atoms with Crippen molar-refractivity contribution >= 4 is 17.3 Å². The molecule has 5 nitrogen and oxygen atoms in total. The molecular weight excluding hydrogens is 350 g/mol. The summed E-state index contributed by atoms with van der Waals surface area (Å²) in [5, 5.41) is 2.92. The summed E-state index contributed by atoms with van der Waals surface area (Å²) in [7, 11) is 1.72. The number of rotatable bonds is 6. The van der Waals surface area contributed by atoms with Gasteiger partial charge in [0.05, 0.1) is 17.4 Å². The largest absolute Gasteiger partial charge is 0.354 e. The molecule has 0 radical (unpaired) electrons. The van der Waals surface area contributed by atoms with Crippen molar-refractivity contribution in [2.75, 3.05) is 18.9 Å². The van der Waals surface area contributed by atoms with E-state index in [4.69, 9.17) is 0 Å². The minimum Gasteiger partial charge on any atom is -0.354 e. The third-order valence-corrected chi connectivity index (χ3v) is 4.03. The number of amides is 1. The molecule has 2 aromatic heterocycles. The molecule has 0 aliphatic carbocycles. The summed E-state index contributed by atoms with van der Waals surface area (Å²) < 4.78 is 26.3. The summed E-state index contributed by atoms with van der Waals surface area (Å²) >= 11 is 0. The first kappa shape index (κ1) is 18.4. The second kappa shape index (κ2) is 8.35. The van der Waals surface area contributed by atoms with Crippen molar-refractivity contribution in [1.29, 1.82) is 0 Å². The fourth-order valence-corrected chi connectivity index (χ4v) is 2.53. The standard InChI is InChI=1S/C20H18F2N4O/c1-26(9-6-14-4-7-23-8-5-14)20(27)15-10-17(13-24-12-15)25-16-2-3-18(21)19(22)11-16/h2-5,7-8,10-13,25H,6,9H2,1H3. The lowest BCUT2D eigenvalue weighted by atomic mass is 10.2. The first-order valence-electron chi connectivity index (χ1n) is 8.34. The van der Waals surface area contributed by atoms with Gasteiger partial charge < -0.3 is 10.2 Å². The summed E-state index contributed by atoms with van der Waals surface area (Å²) in [4.78, 5) is 22.2. The maximum Gasteiger partial charge on any atom is 0.255 e. The Balaban J connectivity index is 1.66. The van der Waals surface area contributed by atoms with Crippen LogP contribution in [0, 0.1) is 11.6 Å². The van der Waals surface area contributed by atoms with Crippen LogP contribution in [0.4, 0.5) is 20.2 Å². The Morgan fingerprint density at radius 2 is 1.78 bits per heavy atom. The van der Waals surface area contributed by atoms with Crippen LogP contribution in [0.25, 0.3) is 0 Å². The Morgan fingerprint density at radius 3 is 2.52 bits per heavy atom. The molecule has 0 saturated heterocycles. The normalized spacial score (nSPS) is 10.5. The number of pyridine rings is 2. The number of nitrogens with one attached hydrogen (secondary N) is 1. The highest BCUT2D eigenvalue weighted by atomic mass is 19.2. The Morgan fingerprint density at radius 1 is 1.00 bits per heavy atom. The average molecular weight is 368 g/mol. The molecule has 0 atom stereocenters. The van der Waals surface area contributed by atoms with Crippen LogP contribution in [0.2, 0.25) is 0 Å². The van der Waals surface area contributed by atoms with Gasteiger partial charge in [-0.15, -0.1) is 0 Å². The van der Waals surface area contributed by atoms with Crippen LogP contribution in [0.1, 0.15) is 15.9 Å².